The van der Waals surface area contributed by atoms with Gasteiger partial charge in [0.15, 0.2) is 23.0 Å². The van der Waals surface area contributed by atoms with Crippen molar-refractivity contribution in [2.24, 2.45) is 10.2 Å². The van der Waals surface area contributed by atoms with Gasteiger partial charge in [-0.15, -0.1) is 0 Å². The van der Waals surface area contributed by atoms with Gasteiger partial charge in [-0.05, 0) is 51.0 Å². The van der Waals surface area contributed by atoms with Crippen molar-refractivity contribution in [3.8, 4) is 23.0 Å². The maximum Gasteiger partial charge on any atom is 0.240 e. The van der Waals surface area contributed by atoms with E-state index in [0.717, 1.165) is 0 Å². The Labute approximate surface area is 204 Å². The Hall–Kier alpha value is -4.08. The van der Waals surface area contributed by atoms with E-state index in [2.05, 4.69) is 21.1 Å². The largest absolute Gasteiger partial charge is 0.504 e. The lowest BCUT2D eigenvalue weighted by atomic mass is 10.1. The van der Waals surface area contributed by atoms with Crippen molar-refractivity contribution in [2.75, 3.05) is 13.2 Å². The third-order valence-corrected chi connectivity index (χ3v) is 4.75. The monoisotopic (exact) mass is 484 g/mol. The molecule has 0 atom stereocenters. The number of para-hydroxylation sites is 2. The summed E-state index contributed by atoms with van der Waals surface area (Å²) < 4.78 is 10.6. The molecule has 2 rings (SSSR count). The zero-order valence-corrected chi connectivity index (χ0v) is 20.0. The molecule has 0 heterocycles. The van der Waals surface area contributed by atoms with Crippen LogP contribution >= 0.6 is 0 Å². The number of phenolic OH excluding ortho intramolecular Hbond substituents is 2. The van der Waals surface area contributed by atoms with Gasteiger partial charge in [-0.3, -0.25) is 9.59 Å². The Morgan fingerprint density at radius 2 is 1.20 bits per heavy atom. The first-order chi connectivity index (χ1) is 17.0. The fraction of sp³-hybridized carbons (Fsp3) is 0.360. The highest BCUT2D eigenvalue weighted by atomic mass is 16.5. The fourth-order valence-corrected chi connectivity index (χ4v) is 3.04. The SMILES string of the molecule is CCOc1cccc(C=NNC(=O)CCCCCC(=O)NN=Cc2cccc(OCC)c2O)c1O. The van der Waals surface area contributed by atoms with Crippen molar-refractivity contribution < 1.29 is 29.3 Å². The van der Waals surface area contributed by atoms with Gasteiger partial charge in [0.05, 0.1) is 25.6 Å². The number of phenols is 2. The van der Waals surface area contributed by atoms with E-state index >= 15 is 0 Å². The Morgan fingerprint density at radius 3 is 1.60 bits per heavy atom. The van der Waals surface area contributed by atoms with Crippen LogP contribution in [0.1, 0.15) is 57.1 Å². The fourth-order valence-electron chi connectivity index (χ4n) is 3.04. The molecule has 0 aliphatic heterocycles. The third-order valence-electron chi connectivity index (χ3n) is 4.75. The number of hydrazone groups is 2. The second-order valence-corrected chi connectivity index (χ2v) is 7.40. The number of nitrogens with zero attached hydrogens (tertiary/aromatic N) is 2. The molecule has 0 aromatic heterocycles. The van der Waals surface area contributed by atoms with Gasteiger partial charge in [0.1, 0.15) is 0 Å². The molecule has 0 fully saturated rings. The van der Waals surface area contributed by atoms with Crippen LogP contribution in [0.2, 0.25) is 0 Å². The molecule has 188 valence electrons. The molecule has 0 bridgehead atoms. The van der Waals surface area contributed by atoms with Crippen LogP contribution < -0.4 is 20.3 Å². The highest BCUT2D eigenvalue weighted by Crippen LogP contribution is 2.29. The lowest BCUT2D eigenvalue weighted by molar-refractivity contribution is -0.121. The molecule has 0 aliphatic rings. The Bertz CT molecular complexity index is 957. The van der Waals surface area contributed by atoms with Crippen LogP contribution in [0, 0.1) is 0 Å². The highest BCUT2D eigenvalue weighted by Gasteiger charge is 2.07. The lowest BCUT2D eigenvalue weighted by Crippen LogP contribution is -2.18. The topological polar surface area (TPSA) is 142 Å². The van der Waals surface area contributed by atoms with Gasteiger partial charge in [0.2, 0.25) is 11.8 Å². The van der Waals surface area contributed by atoms with Crippen LogP contribution in [-0.4, -0.2) is 47.7 Å². The molecular formula is C25H32N4O6. The summed E-state index contributed by atoms with van der Waals surface area (Å²) in [7, 11) is 0. The maximum absolute atomic E-state index is 11.9. The van der Waals surface area contributed by atoms with Crippen LogP contribution in [0.3, 0.4) is 0 Å². The van der Waals surface area contributed by atoms with Gasteiger partial charge in [0.25, 0.3) is 0 Å². The number of benzene rings is 2. The Balaban J connectivity index is 1.63. The molecule has 10 heteroatoms. The summed E-state index contributed by atoms with van der Waals surface area (Å²) in [5.74, 6) is 0.115. The average molecular weight is 485 g/mol. The summed E-state index contributed by atoms with van der Waals surface area (Å²) in [5.41, 5.74) is 5.71. The van der Waals surface area contributed by atoms with E-state index in [-0.39, 0.29) is 36.2 Å². The first kappa shape index (κ1) is 27.2. The van der Waals surface area contributed by atoms with Crippen molar-refractivity contribution in [1.29, 1.82) is 0 Å². The van der Waals surface area contributed by atoms with Crippen LogP contribution in [0.4, 0.5) is 0 Å². The molecule has 2 amide bonds. The summed E-state index contributed by atoms with van der Waals surface area (Å²) in [6.45, 7) is 4.48. The van der Waals surface area contributed by atoms with Crippen LogP contribution in [0.25, 0.3) is 0 Å². The molecule has 4 N–H and O–H groups in total. The van der Waals surface area contributed by atoms with Gasteiger partial charge < -0.3 is 19.7 Å². The van der Waals surface area contributed by atoms with E-state index in [0.29, 0.717) is 55.1 Å². The van der Waals surface area contributed by atoms with Crippen molar-refractivity contribution in [2.45, 2.75) is 46.0 Å². The zero-order valence-electron chi connectivity index (χ0n) is 20.0. The van der Waals surface area contributed by atoms with E-state index in [4.69, 9.17) is 9.47 Å². The number of aromatic hydroxyl groups is 2. The van der Waals surface area contributed by atoms with E-state index in [1.165, 1.54) is 12.4 Å². The molecule has 0 radical (unpaired) electrons. The molecule has 35 heavy (non-hydrogen) atoms. The van der Waals surface area contributed by atoms with E-state index in [1.54, 1.807) is 36.4 Å². The Kier molecular flexibility index (Phi) is 11.6. The number of hydrogen-bond acceptors (Lipinski definition) is 8. The molecule has 2 aromatic rings. The third kappa shape index (κ3) is 9.36. The second kappa shape index (κ2) is 14.9. The van der Waals surface area contributed by atoms with Gasteiger partial charge in [-0.2, -0.15) is 10.2 Å². The van der Waals surface area contributed by atoms with Crippen LogP contribution in [0.15, 0.2) is 46.6 Å². The molecule has 2 aromatic carbocycles. The number of rotatable bonds is 14. The number of unbranched alkanes of at least 4 members (excludes halogenated alkanes) is 2. The van der Waals surface area contributed by atoms with Crippen LogP contribution in [-0.2, 0) is 9.59 Å². The highest BCUT2D eigenvalue weighted by molar-refractivity contribution is 5.87. The zero-order chi connectivity index (χ0) is 25.5. The minimum atomic E-state index is -0.259. The molecule has 0 aliphatic carbocycles. The molecule has 0 saturated carbocycles. The van der Waals surface area contributed by atoms with Crippen LogP contribution in [0.5, 0.6) is 23.0 Å². The number of carbonyl (C=O) groups is 2. The van der Waals surface area contributed by atoms with Crippen molar-refractivity contribution in [1.82, 2.24) is 10.9 Å². The minimum absolute atomic E-state index is 0.0363. The summed E-state index contributed by atoms with van der Waals surface area (Å²) >= 11 is 0. The Morgan fingerprint density at radius 1 is 0.771 bits per heavy atom. The van der Waals surface area contributed by atoms with Gasteiger partial charge >= 0.3 is 0 Å². The number of ether oxygens (including phenoxy) is 2. The normalized spacial score (nSPS) is 11.0. The van der Waals surface area contributed by atoms with Crippen molar-refractivity contribution in [3.63, 3.8) is 0 Å². The van der Waals surface area contributed by atoms with Gasteiger partial charge in [-0.25, -0.2) is 10.9 Å². The summed E-state index contributed by atoms with van der Waals surface area (Å²) in [6, 6.07) is 10.0. The molecular weight excluding hydrogens is 452 g/mol. The molecule has 0 unspecified atom stereocenters. The summed E-state index contributed by atoms with van der Waals surface area (Å²) in [5, 5.41) is 27.9. The number of carbonyl (C=O) groups excluding carboxylic acids is 2. The number of amides is 2. The number of nitrogens with one attached hydrogen (secondary N) is 2. The average Bonchev–Trinajstić information content (AvgIpc) is 2.84. The van der Waals surface area contributed by atoms with Gasteiger partial charge in [-0.1, -0.05) is 18.6 Å². The van der Waals surface area contributed by atoms with E-state index in [1.807, 2.05) is 13.8 Å². The molecule has 0 saturated heterocycles. The standard InChI is InChI=1S/C25H32N4O6/c1-3-34-20-12-8-10-18(24(20)32)16-26-28-22(30)14-6-5-7-15-23(31)29-27-17-19-11-9-13-21(25(19)33)35-4-2/h8-13,16-17,32-33H,3-7,14-15H2,1-2H3,(H,28,30)(H,29,31). The predicted octanol–water partition coefficient (Wildman–Crippen LogP) is 3.45. The van der Waals surface area contributed by atoms with Crippen molar-refractivity contribution >= 4 is 24.2 Å². The number of hydrogen-bond donors (Lipinski definition) is 4. The summed E-state index contributed by atoms with van der Waals surface area (Å²) in [4.78, 5) is 23.8. The first-order valence-electron chi connectivity index (χ1n) is 11.5. The van der Waals surface area contributed by atoms with Gasteiger partial charge in [0, 0.05) is 24.0 Å². The second-order valence-electron chi connectivity index (χ2n) is 7.40. The van der Waals surface area contributed by atoms with E-state index < -0.39 is 0 Å². The molecule has 10 nitrogen and oxygen atoms in total. The minimum Gasteiger partial charge on any atom is -0.504 e. The van der Waals surface area contributed by atoms with Crippen molar-refractivity contribution in [3.05, 3.63) is 47.5 Å². The summed E-state index contributed by atoms with van der Waals surface area (Å²) in [6.07, 6.45) is 5.11. The predicted molar refractivity (Wildman–Crippen MR) is 133 cm³/mol. The first-order valence-corrected chi connectivity index (χ1v) is 11.5. The smallest absolute Gasteiger partial charge is 0.240 e. The van der Waals surface area contributed by atoms with E-state index in [9.17, 15) is 19.8 Å². The quantitative estimate of drug-likeness (QED) is 0.184. The maximum atomic E-state index is 11.9. The molecule has 0 spiro atoms. The lowest BCUT2D eigenvalue weighted by Gasteiger charge is -2.07.